The number of benzene rings is 2. The number of nitrogens with zero attached hydrogens (tertiary/aromatic N) is 16. The van der Waals surface area contributed by atoms with E-state index in [2.05, 4.69) is 191 Å². The average Bonchev–Trinajstić information content (AvgIpc) is 1.60. The third kappa shape index (κ3) is 37.7. The molecule has 13 rings (SSSR count). The van der Waals surface area contributed by atoms with Crippen LogP contribution in [0.2, 0.25) is 15.5 Å². The lowest BCUT2D eigenvalue weighted by Gasteiger charge is -2.41. The Hall–Kier alpha value is -11.2. The number of aromatic nitrogens is 4. The lowest BCUT2D eigenvalue weighted by Crippen LogP contribution is -2.52. The molecule has 8 aromatic rings. The smallest absolute Gasteiger partial charge is 0.322 e. The molecule has 4 aliphatic heterocycles. The number of piperidine rings is 4. The maximum Gasteiger partial charge on any atom is 0.322 e. The van der Waals surface area contributed by atoms with Crippen molar-refractivity contribution in [3.05, 3.63) is 218 Å². The number of amides is 8. The van der Waals surface area contributed by atoms with Gasteiger partial charge in [0.15, 0.2) is 12.4 Å². The van der Waals surface area contributed by atoms with Gasteiger partial charge in [-0.05, 0) is 332 Å². The van der Waals surface area contributed by atoms with E-state index in [4.69, 9.17) is 44.5 Å². The molecule has 808 valence electrons. The molecule has 2 aromatic carbocycles. The van der Waals surface area contributed by atoms with Gasteiger partial charge in [-0.25, -0.2) is 48.3 Å². The Balaban J connectivity index is 0.000000203. The second kappa shape index (κ2) is 60.8. The summed E-state index contributed by atoms with van der Waals surface area (Å²) in [6.07, 6.45) is 18.9. The molecule has 0 unspecified atom stereocenters. The summed E-state index contributed by atoms with van der Waals surface area (Å²) >= 11 is 21.3. The number of likely N-dealkylation sites (tertiary alicyclic amines) is 4. The first-order chi connectivity index (χ1) is 71.4. The van der Waals surface area contributed by atoms with Gasteiger partial charge < -0.3 is 75.8 Å². The molecule has 8 amide bonds. The minimum absolute atomic E-state index is 0.107. The van der Waals surface area contributed by atoms with Gasteiger partial charge in [-0.15, -0.1) is 0 Å². The molecule has 0 radical (unpaired) electrons. The second-order valence-electron chi connectivity index (χ2n) is 39.9. The summed E-state index contributed by atoms with van der Waals surface area (Å²) < 4.78 is 45.1. The molecule has 1 saturated carbocycles. The van der Waals surface area contributed by atoms with Crippen molar-refractivity contribution in [2.24, 2.45) is 15.9 Å². The number of hydrogen-bond acceptors (Lipinski definition) is 21. The third-order valence-electron chi connectivity index (χ3n) is 28.3. The number of aliphatic imine (C=N–C) groups is 2. The number of anilines is 2. The van der Waals surface area contributed by atoms with E-state index in [1.165, 1.54) is 41.5 Å². The van der Waals surface area contributed by atoms with E-state index in [1.54, 1.807) is 99.9 Å². The second-order valence-corrected chi connectivity index (χ2v) is 42.6. The van der Waals surface area contributed by atoms with Gasteiger partial charge in [0.05, 0.1) is 64.2 Å². The Morgan fingerprint density at radius 3 is 1.07 bits per heavy atom. The molecule has 149 heavy (non-hydrogen) atoms. The molecule has 5 aliphatic rings. The zero-order valence-electron chi connectivity index (χ0n) is 89.3. The standard InChI is InChI=1S/C29H41ClFN5O2.C27H37ClFN5O2.C27H38ClN7O2S.C27H36FN7OS/c1-19(2)11-17-36(29(38)34-24-8-6-23(31)7-9-24)25-12-15-35(16-13-25)21(4)10-14-32-28(37)27-20(3)18-26(30)33-22(27)5;1-5-14-34(27(36)32-22-8-6-21(29)7-9-22)23-11-15-33(16-12-23)19(3)10-13-30-26(35)25-18(2)17-24(28)31-20(25)4;1-19-15-24(28)33-21(3)25(19)26(36)30-9-5-20(2)34-11-6-23(7-12-34)35(16-22-8-14-38-17-22)27(32-18-29)31-10-13-37-4;1-18-14-24(28)32-20(3)25(18)26(36)30-10-6-19(2)34-11-7-23(8-12-34)35(15-21-9-13-37-16-21)27(31-17-29)33-22-4-5-22/h6-9,18-19,21,25H,10-17H2,1-5H3,(H,32,37)(H,34,38);6-9,17,19,23H,5,10-16H2,1-4H3,(H,30,35)(H,32,36);8,14-15,17,20,23H,5-7,9-13,16H2,1-4H3,(H,30,36)(H,31,32);9,13-14,16,19,22-23H,4-8,10-12,15H2,1-3H3,(H,30,36)(H,31,33)/t21-;19-;20-;19-/m1111/s1. The topological polar surface area (TPSA) is 358 Å². The van der Waals surface area contributed by atoms with E-state index < -0.39 is 5.95 Å². The van der Waals surface area contributed by atoms with Crippen molar-refractivity contribution in [1.29, 1.82) is 10.5 Å². The Morgan fingerprint density at radius 1 is 0.450 bits per heavy atom. The number of nitrogens with one attached hydrogen (secondary N) is 8. The first-order valence-electron chi connectivity index (χ1n) is 52.2. The number of hydrogen-bond donors (Lipinski definition) is 8. The minimum atomic E-state index is -0.563. The molecule has 4 atom stereocenters. The van der Waals surface area contributed by atoms with Gasteiger partial charge in [0.25, 0.3) is 23.6 Å². The van der Waals surface area contributed by atoms with E-state index >= 15 is 0 Å². The maximum atomic E-state index is 13.5. The van der Waals surface area contributed by atoms with Crippen LogP contribution in [-0.2, 0) is 17.8 Å². The molecular weight excluding hydrogens is 2000 g/mol. The highest BCUT2D eigenvalue weighted by Crippen LogP contribution is 2.32. The Bertz CT molecular complexity index is 5680. The molecule has 1 aliphatic carbocycles. The van der Waals surface area contributed by atoms with Crippen molar-refractivity contribution in [3.63, 3.8) is 0 Å². The quantitative estimate of drug-likeness (QED) is 0.00443. The van der Waals surface area contributed by atoms with E-state index in [1.807, 2.05) is 37.5 Å². The molecule has 0 bridgehead atoms. The van der Waals surface area contributed by atoms with Gasteiger partial charge in [-0.2, -0.15) is 37.6 Å². The predicted octanol–water partition coefficient (Wildman–Crippen LogP) is 19.4. The number of pyridine rings is 4. The number of aryl methyl sites for hydroxylation is 8. The highest BCUT2D eigenvalue weighted by atomic mass is 35.5. The summed E-state index contributed by atoms with van der Waals surface area (Å²) in [6, 6.07) is 24.6. The van der Waals surface area contributed by atoms with Crippen molar-refractivity contribution in [3.8, 4) is 12.4 Å². The normalized spacial score (nSPS) is 16.0. The number of nitriles is 2. The van der Waals surface area contributed by atoms with Crippen LogP contribution >= 0.6 is 57.5 Å². The van der Waals surface area contributed by atoms with Crippen LogP contribution in [0.1, 0.15) is 249 Å². The fourth-order valence-electron chi connectivity index (χ4n) is 19.7. The molecule has 6 aromatic heterocycles. The Labute approximate surface area is 901 Å². The first-order valence-corrected chi connectivity index (χ1v) is 55.2. The Morgan fingerprint density at radius 2 is 0.772 bits per heavy atom. The molecule has 10 heterocycles. The molecule has 0 spiro atoms. The summed E-state index contributed by atoms with van der Waals surface area (Å²) in [7, 11) is 1.65. The van der Waals surface area contributed by atoms with Gasteiger partial charge >= 0.3 is 12.1 Å². The van der Waals surface area contributed by atoms with Gasteiger partial charge in [0, 0.05) is 172 Å². The highest BCUT2D eigenvalue weighted by Gasteiger charge is 2.37. The van der Waals surface area contributed by atoms with Crippen LogP contribution in [0.15, 0.2) is 116 Å². The van der Waals surface area contributed by atoms with Crippen molar-refractivity contribution in [1.82, 2.24) is 91.0 Å². The number of ether oxygens (including phenoxy) is 1. The third-order valence-corrected chi connectivity index (χ3v) is 30.3. The summed E-state index contributed by atoms with van der Waals surface area (Å²) in [5, 5.41) is 52.0. The van der Waals surface area contributed by atoms with Crippen LogP contribution < -0.4 is 42.5 Å². The van der Waals surface area contributed by atoms with Crippen LogP contribution in [0.4, 0.5) is 34.1 Å². The molecule has 4 saturated heterocycles. The molecule has 31 nitrogen and oxygen atoms in total. The number of carbonyl (C=O) groups excluding carboxylic acids is 6. The summed E-state index contributed by atoms with van der Waals surface area (Å²) in [4.78, 5) is 121. The van der Waals surface area contributed by atoms with E-state index in [-0.39, 0.29) is 65.5 Å². The number of thiophene rings is 2. The van der Waals surface area contributed by atoms with Gasteiger partial charge in [-0.3, -0.25) is 29.8 Å². The lowest BCUT2D eigenvalue weighted by atomic mass is 10.00. The van der Waals surface area contributed by atoms with Crippen molar-refractivity contribution in [2.75, 3.05) is 123 Å². The molecular formula is C110H152Cl3F3N24O7S2. The molecule has 5 fully saturated rings. The fraction of sp³-hybridized carbons (Fsp3) is 0.545. The van der Waals surface area contributed by atoms with Crippen LogP contribution in [0.3, 0.4) is 0 Å². The number of methoxy groups -OCH3 is 1. The zero-order valence-corrected chi connectivity index (χ0v) is 93.2. The zero-order chi connectivity index (χ0) is 108. The van der Waals surface area contributed by atoms with E-state index in [0.29, 0.717) is 190 Å². The van der Waals surface area contributed by atoms with E-state index in [9.17, 15) is 52.5 Å². The fourth-order valence-corrected chi connectivity index (χ4v) is 21.9. The molecule has 39 heteroatoms. The van der Waals surface area contributed by atoms with Crippen molar-refractivity contribution in [2.45, 2.75) is 274 Å². The molecule has 8 N–H and O–H groups in total. The largest absolute Gasteiger partial charge is 0.383 e. The summed E-state index contributed by atoms with van der Waals surface area (Å²) in [5.74, 6) is 0.0208. The van der Waals surface area contributed by atoms with Gasteiger partial charge in [0.2, 0.25) is 17.9 Å². The van der Waals surface area contributed by atoms with E-state index in [0.717, 1.165) is 178 Å². The van der Waals surface area contributed by atoms with Gasteiger partial charge in [-0.1, -0.05) is 55.6 Å². The summed E-state index contributed by atoms with van der Waals surface area (Å²) in [5.41, 5.74) is 11.2. The van der Waals surface area contributed by atoms with Crippen LogP contribution in [0.25, 0.3) is 0 Å². The first kappa shape index (κ1) is 120. The highest BCUT2D eigenvalue weighted by molar-refractivity contribution is 7.08. The number of carbonyl (C=O) groups is 6. The van der Waals surface area contributed by atoms with Crippen molar-refractivity contribution >= 4 is 116 Å². The predicted molar refractivity (Wildman–Crippen MR) is 590 cm³/mol. The SMILES string of the molecule is CCCN(C(=O)Nc1ccc(F)cc1)C1CCN([C@H](C)CCNC(=O)c2c(C)cc(Cl)nc2C)CC1.COCCN=C(NC#N)N(Cc1ccsc1)C1CCN([C@H](C)CCNC(=O)c2c(C)cc(Cl)nc2C)CC1.Cc1cc(Cl)nc(C)c1C(=O)NCC[C@@H](C)N1CCC(N(CCC(C)C)C(=O)Nc2ccc(F)cc2)CC1.Cc1cc(F)nc(C)c1C(=O)NCC[C@@H](C)N1CCC(N(Cc2ccsc2)C(=NC2CC2)NC#N)CC1. The lowest BCUT2D eigenvalue weighted by molar-refractivity contribution is 0.0912. The Kier molecular flexibility index (Phi) is 48.8. The number of guanidine groups is 2. The van der Waals surface area contributed by atoms with Crippen LogP contribution in [-0.4, -0.2) is 273 Å². The number of halogens is 6. The maximum absolute atomic E-state index is 13.5. The van der Waals surface area contributed by atoms with Gasteiger partial charge in [0.1, 0.15) is 27.1 Å². The van der Waals surface area contributed by atoms with Crippen molar-refractivity contribution < 1.29 is 46.7 Å². The van der Waals surface area contributed by atoms with Crippen LogP contribution in [0.5, 0.6) is 0 Å². The monoisotopic (exact) mass is 2150 g/mol. The van der Waals surface area contributed by atoms with Crippen LogP contribution in [0, 0.1) is 102 Å². The minimum Gasteiger partial charge on any atom is -0.383 e. The number of rotatable bonds is 39. The average molecular weight is 2150 g/mol. The number of urea groups is 2. The summed E-state index contributed by atoms with van der Waals surface area (Å²) in [6.45, 7) is 43.0.